The maximum atomic E-state index is 13.7. The first kappa shape index (κ1) is 32.1. The monoisotopic (exact) mass is 608 g/mol. The Morgan fingerprint density at radius 1 is 1.14 bits per heavy atom. The quantitative estimate of drug-likeness (QED) is 0.0927. The molecule has 0 fully saturated rings. The Morgan fingerprint density at radius 2 is 1.80 bits per heavy atom. The van der Waals surface area contributed by atoms with E-state index in [-0.39, 0.29) is 28.7 Å². The van der Waals surface area contributed by atoms with Crippen LogP contribution in [-0.2, 0) is 11.4 Å². The van der Waals surface area contributed by atoms with Gasteiger partial charge in [-0.15, -0.1) is 0 Å². The van der Waals surface area contributed by atoms with Crippen LogP contribution in [0.25, 0.3) is 5.57 Å². The van der Waals surface area contributed by atoms with Crippen LogP contribution < -0.4 is 10.6 Å². The summed E-state index contributed by atoms with van der Waals surface area (Å²) in [4.78, 5) is 16.7. The van der Waals surface area contributed by atoms with Gasteiger partial charge in [0.15, 0.2) is 18.2 Å². The van der Waals surface area contributed by atoms with E-state index < -0.39 is 36.7 Å². The van der Waals surface area contributed by atoms with Crippen LogP contribution in [0.15, 0.2) is 107 Å². The number of nitrogens with one attached hydrogen (secondary N) is 2. The maximum Gasteiger partial charge on any atom is 0.416 e. The molecule has 0 amide bonds. The van der Waals surface area contributed by atoms with Gasteiger partial charge in [0.25, 0.3) is 6.02 Å². The maximum absolute atomic E-state index is 13.7. The number of rotatable bonds is 8. The van der Waals surface area contributed by atoms with Crippen LogP contribution in [0.3, 0.4) is 0 Å². The van der Waals surface area contributed by atoms with Crippen molar-refractivity contribution in [1.82, 2.24) is 15.3 Å². The molecular formula is C32H32F4N6O2. The second-order valence-electron chi connectivity index (χ2n) is 9.75. The molecule has 2 heterocycles. The largest absolute Gasteiger partial charge is 0.431 e. The fourth-order valence-corrected chi connectivity index (χ4v) is 4.45. The summed E-state index contributed by atoms with van der Waals surface area (Å²) in [6.07, 6.45) is -2.44. The third-order valence-electron chi connectivity index (χ3n) is 6.86. The van der Waals surface area contributed by atoms with Crippen molar-refractivity contribution in [3.05, 3.63) is 120 Å². The van der Waals surface area contributed by atoms with Crippen molar-refractivity contribution >= 4 is 23.0 Å². The lowest BCUT2D eigenvalue weighted by molar-refractivity contribution is -0.0882. The molecule has 0 bridgehead atoms. The number of hydrogen-bond donors (Lipinski definition) is 3. The summed E-state index contributed by atoms with van der Waals surface area (Å²) < 4.78 is 60.0. The topological polar surface area (TPSA) is 104 Å². The predicted molar refractivity (Wildman–Crippen MR) is 162 cm³/mol. The number of halogens is 4. The summed E-state index contributed by atoms with van der Waals surface area (Å²) in [5.74, 6) is -0.908. The highest BCUT2D eigenvalue weighted by atomic mass is 19.4. The Hall–Kier alpha value is -4.84. The zero-order valence-electron chi connectivity index (χ0n) is 24.3. The van der Waals surface area contributed by atoms with Crippen molar-refractivity contribution in [3.8, 4) is 0 Å². The summed E-state index contributed by atoms with van der Waals surface area (Å²) in [5.41, 5.74) is 2.33. The Kier molecular flexibility index (Phi) is 10.3. The second-order valence-corrected chi connectivity index (χ2v) is 9.75. The van der Waals surface area contributed by atoms with Gasteiger partial charge in [-0.3, -0.25) is 4.99 Å². The van der Waals surface area contributed by atoms with Gasteiger partial charge in [-0.05, 0) is 24.6 Å². The minimum atomic E-state index is -4.63. The number of para-hydroxylation sites is 1. The number of amidine groups is 1. The van der Waals surface area contributed by atoms with Crippen molar-refractivity contribution in [2.45, 2.75) is 39.1 Å². The fraction of sp³-hybridized carbons (Fsp3) is 0.250. The number of benzene rings is 2. The molecule has 4 rings (SSSR count). The van der Waals surface area contributed by atoms with E-state index in [0.717, 1.165) is 23.3 Å². The van der Waals surface area contributed by atoms with Crippen LogP contribution in [0, 0.1) is 5.92 Å². The number of aliphatic imine (C=N–C) groups is 2. The molecule has 3 N–H and O–H groups in total. The van der Waals surface area contributed by atoms with Crippen LogP contribution in [0.4, 0.5) is 23.2 Å². The normalized spacial score (nSPS) is 18.4. The number of fused-ring (bicyclic) bond motifs is 1. The van der Waals surface area contributed by atoms with Crippen molar-refractivity contribution in [2.24, 2.45) is 15.9 Å². The average molecular weight is 609 g/mol. The molecule has 0 aliphatic carbocycles. The van der Waals surface area contributed by atoms with Gasteiger partial charge in [0.1, 0.15) is 12.4 Å². The number of aromatic nitrogens is 2. The number of hydrogen-bond acceptors (Lipinski definition) is 7. The van der Waals surface area contributed by atoms with Gasteiger partial charge in [-0.2, -0.15) is 13.2 Å². The highest BCUT2D eigenvalue weighted by molar-refractivity contribution is 6.16. The molecule has 1 aliphatic rings. The number of anilines is 1. The van der Waals surface area contributed by atoms with Crippen LogP contribution in [-0.4, -0.2) is 52.4 Å². The second kappa shape index (κ2) is 14.1. The Morgan fingerprint density at radius 3 is 2.41 bits per heavy atom. The molecule has 3 unspecified atom stereocenters. The standard InChI is InChI=1S/C32H32F4N6O2/c1-5-23(32(34,35)36)15-25(22-17-38-27(16-33)39-18-22)19(2)20(3)44-31(37-4)42-29-30(43)40-26-14-10-9-13-24(26)28(41-29)21-11-7-6-8-12-21/h5-15,17-19,29-30,40,43H,3,16H2,1-2,4H3,(H,37,42)/b23-5+,25-15+. The van der Waals surface area contributed by atoms with Crippen LogP contribution in [0.5, 0.6) is 0 Å². The Labute approximate surface area is 252 Å². The minimum Gasteiger partial charge on any atom is -0.431 e. The molecule has 0 saturated carbocycles. The number of benzodiazepines with no additional fused rings is 1. The zero-order chi connectivity index (χ0) is 31.9. The van der Waals surface area contributed by atoms with E-state index in [4.69, 9.17) is 9.73 Å². The molecular weight excluding hydrogens is 576 g/mol. The molecule has 1 aromatic heterocycles. The third-order valence-corrected chi connectivity index (χ3v) is 6.86. The first-order valence-electron chi connectivity index (χ1n) is 13.6. The SMILES string of the molecule is C=C(O/C(=N\C)NC1N=C(c2ccccc2)c2ccccc2NC1O)C(C)/C(=C\C(=C/C)C(F)(F)F)c1cnc(CF)nc1. The number of ether oxygens (including phenoxy) is 1. The van der Waals surface area contributed by atoms with Crippen LogP contribution in [0.1, 0.15) is 36.4 Å². The molecule has 2 aromatic carbocycles. The molecule has 3 atom stereocenters. The van der Waals surface area contributed by atoms with Gasteiger partial charge in [0.05, 0.1) is 11.3 Å². The molecule has 230 valence electrons. The van der Waals surface area contributed by atoms with Gasteiger partial charge in [0, 0.05) is 47.7 Å². The lowest BCUT2D eigenvalue weighted by Crippen LogP contribution is -2.46. The van der Waals surface area contributed by atoms with E-state index in [1.165, 1.54) is 26.4 Å². The number of aliphatic hydroxyl groups is 1. The van der Waals surface area contributed by atoms with E-state index in [0.29, 0.717) is 11.4 Å². The summed E-state index contributed by atoms with van der Waals surface area (Å²) in [6, 6.07) is 16.8. The van der Waals surface area contributed by atoms with Crippen molar-refractivity contribution in [2.75, 3.05) is 12.4 Å². The third kappa shape index (κ3) is 7.56. The van der Waals surface area contributed by atoms with E-state index >= 15 is 0 Å². The van der Waals surface area contributed by atoms with Crippen molar-refractivity contribution in [1.29, 1.82) is 0 Å². The number of allylic oxidation sites excluding steroid dienone is 4. The van der Waals surface area contributed by atoms with E-state index in [2.05, 4.69) is 32.2 Å². The molecule has 1 aliphatic heterocycles. The molecule has 0 radical (unpaired) electrons. The smallest absolute Gasteiger partial charge is 0.416 e. The lowest BCUT2D eigenvalue weighted by Gasteiger charge is -2.25. The van der Waals surface area contributed by atoms with Crippen LogP contribution in [0.2, 0.25) is 0 Å². The van der Waals surface area contributed by atoms with Crippen molar-refractivity contribution < 1.29 is 27.4 Å². The molecule has 0 saturated heterocycles. The molecule has 8 nitrogen and oxygen atoms in total. The summed E-state index contributed by atoms with van der Waals surface area (Å²) in [7, 11) is 1.44. The van der Waals surface area contributed by atoms with Crippen LogP contribution >= 0.6 is 0 Å². The predicted octanol–water partition coefficient (Wildman–Crippen LogP) is 6.19. The van der Waals surface area contributed by atoms with Gasteiger partial charge in [-0.1, -0.05) is 68.1 Å². The minimum absolute atomic E-state index is 0.0307. The number of aliphatic hydroxyl groups excluding tert-OH is 1. The highest BCUT2D eigenvalue weighted by Crippen LogP contribution is 2.34. The zero-order valence-corrected chi connectivity index (χ0v) is 24.3. The van der Waals surface area contributed by atoms with Gasteiger partial charge in [-0.25, -0.2) is 19.4 Å². The lowest BCUT2D eigenvalue weighted by atomic mass is 9.92. The molecule has 44 heavy (non-hydrogen) atoms. The van der Waals surface area contributed by atoms with E-state index in [1.807, 2.05) is 54.6 Å². The van der Waals surface area contributed by atoms with E-state index in [9.17, 15) is 22.7 Å². The first-order valence-corrected chi connectivity index (χ1v) is 13.6. The summed E-state index contributed by atoms with van der Waals surface area (Å²) >= 11 is 0. The Balaban J connectivity index is 1.62. The van der Waals surface area contributed by atoms with Gasteiger partial charge in [0.2, 0.25) is 0 Å². The van der Waals surface area contributed by atoms with Crippen molar-refractivity contribution in [3.63, 3.8) is 0 Å². The van der Waals surface area contributed by atoms with E-state index in [1.54, 1.807) is 6.92 Å². The molecule has 12 heteroatoms. The number of alkyl halides is 4. The Bertz CT molecular complexity index is 1580. The van der Waals surface area contributed by atoms with Gasteiger partial charge < -0.3 is 20.5 Å². The molecule has 0 spiro atoms. The summed E-state index contributed by atoms with van der Waals surface area (Å²) in [5, 5.41) is 17.1. The summed E-state index contributed by atoms with van der Waals surface area (Å²) in [6.45, 7) is 5.89. The highest BCUT2D eigenvalue weighted by Gasteiger charge is 2.33. The van der Waals surface area contributed by atoms with Gasteiger partial charge >= 0.3 is 6.18 Å². The first-order chi connectivity index (χ1) is 21.0. The molecule has 3 aromatic rings. The fourth-order valence-electron chi connectivity index (χ4n) is 4.45. The number of nitrogens with zero attached hydrogens (tertiary/aromatic N) is 4. The average Bonchev–Trinajstić information content (AvgIpc) is 3.16.